The van der Waals surface area contributed by atoms with Gasteiger partial charge in [0.05, 0.1) is 5.92 Å². The summed E-state index contributed by atoms with van der Waals surface area (Å²) in [5, 5.41) is 8.98. The smallest absolute Gasteiger partial charge is 0.307 e. The van der Waals surface area contributed by atoms with Crippen LogP contribution in [0.1, 0.15) is 45.4 Å². The third-order valence-electron chi connectivity index (χ3n) is 4.48. The molecule has 0 amide bonds. The molecule has 2 aliphatic rings. The summed E-state index contributed by atoms with van der Waals surface area (Å²) in [5.41, 5.74) is 0. The van der Waals surface area contributed by atoms with Crippen molar-refractivity contribution >= 4 is 5.97 Å². The van der Waals surface area contributed by atoms with E-state index in [1.807, 2.05) is 0 Å². The fraction of sp³-hybridized carbons (Fsp3) is 0.923. The molecule has 3 nitrogen and oxygen atoms in total. The zero-order chi connectivity index (χ0) is 11.5. The molecule has 1 aliphatic carbocycles. The largest absolute Gasteiger partial charge is 0.481 e. The van der Waals surface area contributed by atoms with Crippen LogP contribution in [0, 0.1) is 11.8 Å². The predicted octanol–water partition coefficient (Wildman–Crippen LogP) is 2.36. The highest BCUT2D eigenvalue weighted by Gasteiger charge is 2.33. The van der Waals surface area contributed by atoms with Crippen molar-refractivity contribution in [3.05, 3.63) is 0 Å². The summed E-state index contributed by atoms with van der Waals surface area (Å²) in [5.74, 6) is 0.211. The Morgan fingerprint density at radius 3 is 2.44 bits per heavy atom. The SMILES string of the molecule is CCC1CCC(N2CCC(C(=O)O)C2)CC1. The lowest BCUT2D eigenvalue weighted by molar-refractivity contribution is -0.141. The lowest BCUT2D eigenvalue weighted by atomic mass is 9.84. The monoisotopic (exact) mass is 225 g/mol. The van der Waals surface area contributed by atoms with Crippen molar-refractivity contribution in [3.63, 3.8) is 0 Å². The van der Waals surface area contributed by atoms with Crippen LogP contribution in [0.15, 0.2) is 0 Å². The molecule has 1 unspecified atom stereocenters. The summed E-state index contributed by atoms with van der Waals surface area (Å²) >= 11 is 0. The Morgan fingerprint density at radius 1 is 1.25 bits per heavy atom. The third kappa shape index (κ3) is 2.57. The highest BCUT2D eigenvalue weighted by molar-refractivity contribution is 5.70. The molecule has 0 bridgehead atoms. The van der Waals surface area contributed by atoms with Gasteiger partial charge in [-0.3, -0.25) is 9.69 Å². The number of carbonyl (C=O) groups is 1. The van der Waals surface area contributed by atoms with Gasteiger partial charge in [0, 0.05) is 12.6 Å². The van der Waals surface area contributed by atoms with E-state index >= 15 is 0 Å². The molecule has 1 aliphatic heterocycles. The van der Waals surface area contributed by atoms with Gasteiger partial charge in [0.15, 0.2) is 0 Å². The number of hydrogen-bond acceptors (Lipinski definition) is 2. The maximum atomic E-state index is 10.9. The molecule has 1 atom stereocenters. The van der Waals surface area contributed by atoms with Crippen molar-refractivity contribution in [1.82, 2.24) is 4.90 Å². The lowest BCUT2D eigenvalue weighted by Crippen LogP contribution is -2.37. The number of aliphatic carboxylic acids is 1. The normalized spacial score (nSPS) is 36.4. The average molecular weight is 225 g/mol. The second-order valence-electron chi connectivity index (χ2n) is 5.40. The molecule has 1 saturated heterocycles. The van der Waals surface area contributed by atoms with Crippen molar-refractivity contribution in [2.45, 2.75) is 51.5 Å². The molecule has 92 valence electrons. The van der Waals surface area contributed by atoms with Gasteiger partial charge in [-0.2, -0.15) is 0 Å². The summed E-state index contributed by atoms with van der Waals surface area (Å²) in [4.78, 5) is 13.3. The molecule has 0 aromatic heterocycles. The van der Waals surface area contributed by atoms with E-state index < -0.39 is 5.97 Å². The van der Waals surface area contributed by atoms with Gasteiger partial charge in [-0.1, -0.05) is 13.3 Å². The highest BCUT2D eigenvalue weighted by Crippen LogP contribution is 2.32. The van der Waals surface area contributed by atoms with Gasteiger partial charge in [0.1, 0.15) is 0 Å². The molecule has 1 N–H and O–H groups in total. The number of carboxylic acids is 1. The molecule has 16 heavy (non-hydrogen) atoms. The van der Waals surface area contributed by atoms with Gasteiger partial charge >= 0.3 is 5.97 Å². The second-order valence-corrected chi connectivity index (χ2v) is 5.40. The van der Waals surface area contributed by atoms with Crippen LogP contribution in [0.4, 0.5) is 0 Å². The minimum Gasteiger partial charge on any atom is -0.481 e. The molecule has 1 heterocycles. The maximum Gasteiger partial charge on any atom is 0.307 e. The van der Waals surface area contributed by atoms with E-state index in [-0.39, 0.29) is 5.92 Å². The first-order chi connectivity index (χ1) is 7.70. The van der Waals surface area contributed by atoms with Gasteiger partial charge in [-0.25, -0.2) is 0 Å². The number of rotatable bonds is 3. The first-order valence-corrected chi connectivity index (χ1v) is 6.67. The van der Waals surface area contributed by atoms with Crippen LogP contribution in [0.3, 0.4) is 0 Å². The highest BCUT2D eigenvalue weighted by atomic mass is 16.4. The second kappa shape index (κ2) is 5.17. The minimum atomic E-state index is -0.607. The summed E-state index contributed by atoms with van der Waals surface area (Å²) in [6, 6.07) is 0.673. The van der Waals surface area contributed by atoms with Crippen molar-refractivity contribution < 1.29 is 9.90 Å². The number of hydrogen-bond donors (Lipinski definition) is 1. The van der Waals surface area contributed by atoms with E-state index in [1.165, 1.54) is 32.1 Å². The Bertz CT molecular complexity index is 246. The van der Waals surface area contributed by atoms with E-state index in [0.29, 0.717) is 6.04 Å². The maximum absolute atomic E-state index is 10.9. The first-order valence-electron chi connectivity index (χ1n) is 6.67. The molecule has 0 aromatic rings. The molecule has 0 spiro atoms. The summed E-state index contributed by atoms with van der Waals surface area (Å²) < 4.78 is 0. The standard InChI is InChI=1S/C13H23NO2/c1-2-10-3-5-12(6-4-10)14-8-7-11(9-14)13(15)16/h10-12H,2-9H2,1H3,(H,15,16). The quantitative estimate of drug-likeness (QED) is 0.801. The zero-order valence-electron chi connectivity index (χ0n) is 10.2. The van der Waals surface area contributed by atoms with Crippen molar-refractivity contribution in [1.29, 1.82) is 0 Å². The van der Waals surface area contributed by atoms with E-state index in [0.717, 1.165) is 25.4 Å². The topological polar surface area (TPSA) is 40.5 Å². The number of nitrogens with zero attached hydrogens (tertiary/aromatic N) is 1. The van der Waals surface area contributed by atoms with E-state index in [9.17, 15) is 4.79 Å². The predicted molar refractivity (Wildman–Crippen MR) is 63.4 cm³/mol. The first kappa shape index (κ1) is 11.9. The van der Waals surface area contributed by atoms with Crippen LogP contribution < -0.4 is 0 Å². The van der Waals surface area contributed by atoms with Crippen molar-refractivity contribution in [3.8, 4) is 0 Å². The Balaban J connectivity index is 1.80. The van der Waals surface area contributed by atoms with E-state index in [4.69, 9.17) is 5.11 Å². The zero-order valence-corrected chi connectivity index (χ0v) is 10.2. The van der Waals surface area contributed by atoms with Gasteiger partial charge < -0.3 is 5.11 Å². The Labute approximate surface area is 97.8 Å². The van der Waals surface area contributed by atoms with Crippen molar-refractivity contribution in [2.24, 2.45) is 11.8 Å². The molecule has 2 rings (SSSR count). The molecule has 3 heteroatoms. The molecular weight excluding hydrogens is 202 g/mol. The minimum absolute atomic E-state index is 0.108. The Hall–Kier alpha value is -0.570. The van der Waals surface area contributed by atoms with Gasteiger partial charge in [0.2, 0.25) is 0 Å². The number of likely N-dealkylation sites (tertiary alicyclic amines) is 1. The molecular formula is C13H23NO2. The number of carboxylic acid groups (broad SMARTS) is 1. The van der Waals surface area contributed by atoms with Crippen LogP contribution in [0.5, 0.6) is 0 Å². The molecule has 1 saturated carbocycles. The van der Waals surface area contributed by atoms with Crippen LogP contribution in [-0.4, -0.2) is 35.1 Å². The lowest BCUT2D eigenvalue weighted by Gasteiger charge is -2.34. The summed E-state index contributed by atoms with van der Waals surface area (Å²) in [6.45, 7) is 4.07. The van der Waals surface area contributed by atoms with Gasteiger partial charge in [0.25, 0.3) is 0 Å². The molecule has 0 aromatic carbocycles. The fourth-order valence-corrected chi connectivity index (χ4v) is 3.24. The van der Waals surface area contributed by atoms with E-state index in [2.05, 4.69) is 11.8 Å². The van der Waals surface area contributed by atoms with E-state index in [1.54, 1.807) is 0 Å². The summed E-state index contributed by atoms with van der Waals surface area (Å²) in [6.07, 6.45) is 7.41. The fourth-order valence-electron chi connectivity index (χ4n) is 3.24. The van der Waals surface area contributed by atoms with Gasteiger partial charge in [-0.15, -0.1) is 0 Å². The van der Waals surface area contributed by atoms with Crippen molar-refractivity contribution in [2.75, 3.05) is 13.1 Å². The average Bonchev–Trinajstić information content (AvgIpc) is 2.78. The van der Waals surface area contributed by atoms with Gasteiger partial charge in [-0.05, 0) is 44.6 Å². The van der Waals surface area contributed by atoms with Crippen LogP contribution >= 0.6 is 0 Å². The third-order valence-corrected chi connectivity index (χ3v) is 4.48. The molecule has 2 fully saturated rings. The molecule has 0 radical (unpaired) electrons. The Kier molecular flexibility index (Phi) is 3.85. The van der Waals surface area contributed by atoms with Crippen LogP contribution in [0.2, 0.25) is 0 Å². The Morgan fingerprint density at radius 2 is 1.94 bits per heavy atom. The van der Waals surface area contributed by atoms with Crippen LogP contribution in [0.25, 0.3) is 0 Å². The summed E-state index contributed by atoms with van der Waals surface area (Å²) in [7, 11) is 0. The van der Waals surface area contributed by atoms with Crippen LogP contribution in [-0.2, 0) is 4.79 Å².